The predicted octanol–water partition coefficient (Wildman–Crippen LogP) is 2.74. The van der Waals surface area contributed by atoms with Crippen LogP contribution in [0.5, 0.6) is 5.75 Å². The predicted molar refractivity (Wildman–Crippen MR) is 95.0 cm³/mol. The number of nitrogens with two attached hydrogens (primary N) is 1. The van der Waals surface area contributed by atoms with Crippen molar-refractivity contribution >= 4 is 11.8 Å². The highest BCUT2D eigenvalue weighted by molar-refractivity contribution is 5.94. The van der Waals surface area contributed by atoms with Gasteiger partial charge >= 0.3 is 0 Å². The van der Waals surface area contributed by atoms with E-state index in [2.05, 4.69) is 0 Å². The first kappa shape index (κ1) is 17.9. The lowest BCUT2D eigenvalue weighted by Gasteiger charge is -2.30. The molecule has 3 rings (SSSR count). The number of ether oxygens (including phenoxy) is 1. The number of nitrogens with zero attached hydrogens (tertiary/aromatic N) is 1. The van der Waals surface area contributed by atoms with Gasteiger partial charge in [0.05, 0.1) is 0 Å². The molecule has 2 N–H and O–H groups in total. The van der Waals surface area contributed by atoms with Crippen molar-refractivity contribution in [1.29, 1.82) is 0 Å². The number of rotatable bonds is 5. The minimum absolute atomic E-state index is 0.0690. The number of hydrogen-bond donors (Lipinski definition) is 1. The van der Waals surface area contributed by atoms with Gasteiger partial charge in [0, 0.05) is 30.6 Å². The van der Waals surface area contributed by atoms with Crippen LogP contribution in [-0.2, 0) is 11.4 Å². The van der Waals surface area contributed by atoms with Gasteiger partial charge in [-0.15, -0.1) is 0 Å². The Labute approximate surface area is 151 Å². The molecule has 0 saturated carbocycles. The molecule has 26 heavy (non-hydrogen) atoms. The smallest absolute Gasteiger partial charge is 0.253 e. The molecule has 2 amide bonds. The van der Waals surface area contributed by atoms with Gasteiger partial charge in [0.25, 0.3) is 5.91 Å². The summed E-state index contributed by atoms with van der Waals surface area (Å²) < 4.78 is 18.8. The molecule has 1 aliphatic rings. The molecule has 2 aromatic carbocycles. The summed E-state index contributed by atoms with van der Waals surface area (Å²) in [6, 6.07) is 13.1. The molecule has 0 radical (unpaired) electrons. The molecule has 0 bridgehead atoms. The Morgan fingerprint density at radius 2 is 1.85 bits per heavy atom. The maximum atomic E-state index is 13.2. The van der Waals surface area contributed by atoms with Crippen LogP contribution in [0, 0.1) is 11.7 Å². The summed E-state index contributed by atoms with van der Waals surface area (Å²) >= 11 is 0. The zero-order chi connectivity index (χ0) is 18.5. The summed E-state index contributed by atoms with van der Waals surface area (Å²) in [5.41, 5.74) is 6.73. The van der Waals surface area contributed by atoms with Crippen molar-refractivity contribution in [1.82, 2.24) is 4.90 Å². The van der Waals surface area contributed by atoms with Gasteiger partial charge in [0.15, 0.2) is 0 Å². The van der Waals surface area contributed by atoms with Crippen molar-refractivity contribution in [2.24, 2.45) is 11.7 Å². The molecular weight excluding hydrogens is 335 g/mol. The van der Waals surface area contributed by atoms with E-state index in [9.17, 15) is 14.0 Å². The highest BCUT2D eigenvalue weighted by atomic mass is 19.1. The van der Waals surface area contributed by atoms with Crippen LogP contribution < -0.4 is 10.5 Å². The topological polar surface area (TPSA) is 72.6 Å². The Morgan fingerprint density at radius 1 is 1.12 bits per heavy atom. The second-order valence-electron chi connectivity index (χ2n) is 6.42. The summed E-state index contributed by atoms with van der Waals surface area (Å²) in [6.45, 7) is 1.29. The van der Waals surface area contributed by atoms with E-state index in [0.717, 1.165) is 5.56 Å². The second kappa shape index (κ2) is 7.99. The number of carbonyl (C=O) groups excluding carboxylic acids is 2. The van der Waals surface area contributed by atoms with Gasteiger partial charge in [-0.2, -0.15) is 0 Å². The average molecular weight is 356 g/mol. The van der Waals surface area contributed by atoms with E-state index in [1.54, 1.807) is 35.2 Å². The number of piperidine rings is 1. The molecule has 1 saturated heterocycles. The van der Waals surface area contributed by atoms with Gasteiger partial charge in [0.1, 0.15) is 18.2 Å². The highest BCUT2D eigenvalue weighted by Gasteiger charge is 2.26. The summed E-state index contributed by atoms with van der Waals surface area (Å²) in [4.78, 5) is 25.6. The SMILES string of the molecule is NC(=O)C1CCN(C(=O)c2cccc(COc3cccc(F)c3)c2)CC1. The largest absolute Gasteiger partial charge is 0.489 e. The number of hydrogen-bond acceptors (Lipinski definition) is 3. The van der Waals surface area contributed by atoms with Crippen LogP contribution in [0.3, 0.4) is 0 Å². The lowest BCUT2D eigenvalue weighted by Crippen LogP contribution is -2.41. The van der Waals surface area contributed by atoms with Gasteiger partial charge in [-0.1, -0.05) is 18.2 Å². The fourth-order valence-corrected chi connectivity index (χ4v) is 3.07. The van der Waals surface area contributed by atoms with Crippen LogP contribution in [0.4, 0.5) is 4.39 Å². The number of amides is 2. The quantitative estimate of drug-likeness (QED) is 0.895. The van der Waals surface area contributed by atoms with Crippen molar-refractivity contribution < 1.29 is 18.7 Å². The van der Waals surface area contributed by atoms with Gasteiger partial charge in [-0.25, -0.2) is 4.39 Å². The number of primary amides is 1. The molecule has 0 unspecified atom stereocenters. The summed E-state index contributed by atoms with van der Waals surface area (Å²) in [7, 11) is 0. The van der Waals surface area contributed by atoms with Crippen LogP contribution >= 0.6 is 0 Å². The van der Waals surface area contributed by atoms with Crippen LogP contribution in [0.15, 0.2) is 48.5 Å². The Kier molecular flexibility index (Phi) is 5.51. The van der Waals surface area contributed by atoms with Crippen LogP contribution in [-0.4, -0.2) is 29.8 Å². The normalized spacial score (nSPS) is 14.9. The molecule has 2 aromatic rings. The molecule has 0 atom stereocenters. The molecule has 0 aromatic heterocycles. The maximum Gasteiger partial charge on any atom is 0.253 e. The zero-order valence-electron chi connectivity index (χ0n) is 14.4. The lowest BCUT2D eigenvalue weighted by molar-refractivity contribution is -0.123. The average Bonchev–Trinajstić information content (AvgIpc) is 2.66. The highest BCUT2D eigenvalue weighted by Crippen LogP contribution is 2.20. The first-order chi connectivity index (χ1) is 12.5. The number of likely N-dealkylation sites (tertiary alicyclic amines) is 1. The molecule has 1 aliphatic heterocycles. The number of benzene rings is 2. The standard InChI is InChI=1S/C20H21FN2O3/c21-17-5-2-6-18(12-17)26-13-14-3-1-4-16(11-14)20(25)23-9-7-15(8-10-23)19(22)24/h1-6,11-12,15H,7-10,13H2,(H2,22,24). The van der Waals surface area contributed by atoms with Crippen molar-refractivity contribution in [3.8, 4) is 5.75 Å². The monoisotopic (exact) mass is 356 g/mol. The van der Waals surface area contributed by atoms with E-state index in [-0.39, 0.29) is 30.2 Å². The van der Waals surface area contributed by atoms with Crippen molar-refractivity contribution in [2.75, 3.05) is 13.1 Å². The summed E-state index contributed by atoms with van der Waals surface area (Å²) in [5, 5.41) is 0. The van der Waals surface area contributed by atoms with Gasteiger partial charge in [-0.3, -0.25) is 9.59 Å². The first-order valence-corrected chi connectivity index (χ1v) is 8.59. The molecule has 5 nitrogen and oxygen atoms in total. The Balaban J connectivity index is 1.61. The van der Waals surface area contributed by atoms with E-state index in [0.29, 0.717) is 37.2 Å². The fraction of sp³-hybridized carbons (Fsp3) is 0.300. The molecule has 1 fully saturated rings. The molecule has 0 spiro atoms. The van der Waals surface area contributed by atoms with E-state index < -0.39 is 0 Å². The van der Waals surface area contributed by atoms with Crippen molar-refractivity contribution in [2.45, 2.75) is 19.4 Å². The molecular formula is C20H21FN2O3. The van der Waals surface area contributed by atoms with Crippen molar-refractivity contribution in [3.63, 3.8) is 0 Å². The Morgan fingerprint density at radius 3 is 2.54 bits per heavy atom. The number of carbonyl (C=O) groups is 2. The number of halogens is 1. The lowest BCUT2D eigenvalue weighted by atomic mass is 9.96. The Bertz CT molecular complexity index is 801. The van der Waals surface area contributed by atoms with Gasteiger partial charge in [-0.05, 0) is 42.7 Å². The summed E-state index contributed by atoms with van der Waals surface area (Å²) in [6.07, 6.45) is 1.20. The second-order valence-corrected chi connectivity index (χ2v) is 6.42. The van der Waals surface area contributed by atoms with Gasteiger partial charge in [0.2, 0.25) is 5.91 Å². The van der Waals surface area contributed by atoms with Crippen LogP contribution in [0.2, 0.25) is 0 Å². The van der Waals surface area contributed by atoms with Crippen LogP contribution in [0.25, 0.3) is 0 Å². The van der Waals surface area contributed by atoms with E-state index >= 15 is 0 Å². The van der Waals surface area contributed by atoms with E-state index in [1.807, 2.05) is 6.07 Å². The van der Waals surface area contributed by atoms with Crippen LogP contribution in [0.1, 0.15) is 28.8 Å². The maximum absolute atomic E-state index is 13.2. The fourth-order valence-electron chi connectivity index (χ4n) is 3.07. The minimum Gasteiger partial charge on any atom is -0.489 e. The van der Waals surface area contributed by atoms with Gasteiger partial charge < -0.3 is 15.4 Å². The molecule has 1 heterocycles. The zero-order valence-corrected chi connectivity index (χ0v) is 14.4. The van der Waals surface area contributed by atoms with E-state index in [4.69, 9.17) is 10.5 Å². The molecule has 0 aliphatic carbocycles. The Hall–Kier alpha value is -2.89. The molecule has 6 heteroatoms. The summed E-state index contributed by atoms with van der Waals surface area (Å²) in [5.74, 6) is -0.430. The molecule has 136 valence electrons. The first-order valence-electron chi connectivity index (χ1n) is 8.59. The third-order valence-corrected chi connectivity index (χ3v) is 4.56. The third-order valence-electron chi connectivity index (χ3n) is 4.56. The third kappa shape index (κ3) is 4.39. The minimum atomic E-state index is -0.356. The van der Waals surface area contributed by atoms with Crippen molar-refractivity contribution in [3.05, 3.63) is 65.5 Å². The van der Waals surface area contributed by atoms with E-state index in [1.165, 1.54) is 12.1 Å².